The SMILES string of the molecule is Cc1nc(N2CCC3(CC2)C[C@@H](O)C[C@H]3N)c(CO)nc1Sc1cccc(Cl)c1Cl. The van der Waals surface area contributed by atoms with Crippen molar-refractivity contribution in [1.82, 2.24) is 9.97 Å². The Morgan fingerprint density at radius 2 is 2.00 bits per heavy atom. The molecule has 30 heavy (non-hydrogen) atoms. The van der Waals surface area contributed by atoms with Gasteiger partial charge in [0.25, 0.3) is 0 Å². The summed E-state index contributed by atoms with van der Waals surface area (Å²) < 4.78 is 0. The molecule has 0 bridgehead atoms. The van der Waals surface area contributed by atoms with Crippen molar-refractivity contribution < 1.29 is 10.2 Å². The largest absolute Gasteiger partial charge is 0.393 e. The van der Waals surface area contributed by atoms with Gasteiger partial charge in [0.2, 0.25) is 0 Å². The summed E-state index contributed by atoms with van der Waals surface area (Å²) in [4.78, 5) is 12.5. The van der Waals surface area contributed by atoms with Gasteiger partial charge in [-0.15, -0.1) is 0 Å². The highest BCUT2D eigenvalue weighted by Crippen LogP contribution is 2.46. The van der Waals surface area contributed by atoms with Crippen LogP contribution in [0.3, 0.4) is 0 Å². The molecule has 162 valence electrons. The first-order valence-electron chi connectivity index (χ1n) is 10.1. The average molecular weight is 469 g/mol. The molecule has 0 unspecified atom stereocenters. The fourth-order valence-corrected chi connectivity index (χ4v) is 6.01. The first kappa shape index (κ1) is 22.1. The number of hydrogen-bond acceptors (Lipinski definition) is 7. The van der Waals surface area contributed by atoms with Gasteiger partial charge in [-0.1, -0.05) is 41.0 Å². The average Bonchev–Trinajstić information content (AvgIpc) is 2.99. The van der Waals surface area contributed by atoms with E-state index in [4.69, 9.17) is 38.9 Å². The monoisotopic (exact) mass is 468 g/mol. The van der Waals surface area contributed by atoms with Crippen molar-refractivity contribution in [3.8, 4) is 0 Å². The van der Waals surface area contributed by atoms with Crippen molar-refractivity contribution in [3.05, 3.63) is 39.6 Å². The summed E-state index contributed by atoms with van der Waals surface area (Å²) in [5.41, 5.74) is 7.68. The maximum absolute atomic E-state index is 10.0. The van der Waals surface area contributed by atoms with E-state index in [1.165, 1.54) is 11.8 Å². The predicted molar refractivity (Wildman–Crippen MR) is 120 cm³/mol. The minimum atomic E-state index is -0.295. The Kier molecular flexibility index (Phi) is 6.49. The van der Waals surface area contributed by atoms with Crippen molar-refractivity contribution in [1.29, 1.82) is 0 Å². The molecule has 2 aliphatic rings. The summed E-state index contributed by atoms with van der Waals surface area (Å²) in [6.45, 7) is 3.29. The lowest BCUT2D eigenvalue weighted by Crippen LogP contribution is -2.47. The number of halogens is 2. The van der Waals surface area contributed by atoms with Gasteiger partial charge in [0.15, 0.2) is 5.82 Å². The number of aryl methyl sites for hydroxylation is 1. The number of aromatic nitrogens is 2. The predicted octanol–water partition coefficient (Wildman–Crippen LogP) is 3.80. The molecule has 1 aromatic heterocycles. The van der Waals surface area contributed by atoms with E-state index in [9.17, 15) is 10.2 Å². The van der Waals surface area contributed by atoms with E-state index in [1.807, 2.05) is 19.1 Å². The summed E-state index contributed by atoms with van der Waals surface area (Å²) in [5.74, 6) is 0.721. The lowest BCUT2D eigenvalue weighted by molar-refractivity contribution is 0.141. The molecule has 1 spiro atoms. The number of benzene rings is 1. The van der Waals surface area contributed by atoms with E-state index < -0.39 is 0 Å². The van der Waals surface area contributed by atoms with Crippen LogP contribution in [0, 0.1) is 12.3 Å². The molecule has 0 amide bonds. The second-order valence-electron chi connectivity index (χ2n) is 8.25. The molecule has 6 nitrogen and oxygen atoms in total. The van der Waals surface area contributed by atoms with E-state index in [0.29, 0.717) is 27.2 Å². The summed E-state index contributed by atoms with van der Waals surface area (Å²) in [5, 5.41) is 21.7. The van der Waals surface area contributed by atoms with Gasteiger partial charge in [0.05, 0.1) is 28.5 Å². The number of anilines is 1. The Hall–Kier alpha value is -1.09. The molecule has 1 aliphatic heterocycles. The molecule has 2 heterocycles. The third kappa shape index (κ3) is 4.16. The van der Waals surface area contributed by atoms with Crippen LogP contribution in [0.25, 0.3) is 0 Å². The number of rotatable bonds is 4. The summed E-state index contributed by atoms with van der Waals surface area (Å²) in [6.07, 6.45) is 2.97. The molecule has 2 atom stereocenters. The minimum absolute atomic E-state index is 0.0108. The third-order valence-electron chi connectivity index (χ3n) is 6.36. The zero-order chi connectivity index (χ0) is 21.5. The van der Waals surface area contributed by atoms with Crippen molar-refractivity contribution in [2.24, 2.45) is 11.1 Å². The summed E-state index contributed by atoms with van der Waals surface area (Å²) in [6, 6.07) is 5.51. The Balaban J connectivity index is 1.55. The van der Waals surface area contributed by atoms with E-state index in [0.717, 1.165) is 48.8 Å². The van der Waals surface area contributed by atoms with Gasteiger partial charge in [-0.05, 0) is 50.2 Å². The van der Waals surface area contributed by atoms with Crippen LogP contribution in [0.15, 0.2) is 28.1 Å². The van der Waals surface area contributed by atoms with Crippen LogP contribution in [0.5, 0.6) is 0 Å². The number of nitrogens with two attached hydrogens (primary N) is 1. The van der Waals surface area contributed by atoms with Gasteiger partial charge in [-0.2, -0.15) is 0 Å². The third-order valence-corrected chi connectivity index (χ3v) is 8.43. The number of nitrogens with zero attached hydrogens (tertiary/aromatic N) is 3. The number of aliphatic hydroxyl groups excluding tert-OH is 2. The molecule has 1 aliphatic carbocycles. The number of piperidine rings is 1. The summed E-state index contributed by atoms with van der Waals surface area (Å²) in [7, 11) is 0. The highest BCUT2D eigenvalue weighted by molar-refractivity contribution is 7.99. The fraction of sp³-hybridized carbons (Fsp3) is 0.524. The minimum Gasteiger partial charge on any atom is -0.393 e. The quantitative estimate of drug-likeness (QED) is 0.627. The van der Waals surface area contributed by atoms with Gasteiger partial charge in [0, 0.05) is 24.0 Å². The maximum atomic E-state index is 10.0. The van der Waals surface area contributed by atoms with Crippen molar-refractivity contribution in [2.75, 3.05) is 18.0 Å². The molecule has 2 fully saturated rings. The smallest absolute Gasteiger partial charge is 0.153 e. The van der Waals surface area contributed by atoms with Gasteiger partial charge >= 0.3 is 0 Å². The Labute approximate surface area is 190 Å². The van der Waals surface area contributed by atoms with E-state index in [-0.39, 0.29) is 24.2 Å². The first-order chi connectivity index (χ1) is 14.3. The molecule has 1 saturated heterocycles. The van der Waals surface area contributed by atoms with Crippen molar-refractivity contribution in [3.63, 3.8) is 0 Å². The van der Waals surface area contributed by atoms with Gasteiger partial charge in [0.1, 0.15) is 10.7 Å². The lowest BCUT2D eigenvalue weighted by Gasteiger charge is -2.42. The zero-order valence-corrected chi connectivity index (χ0v) is 19.1. The second-order valence-corrected chi connectivity index (χ2v) is 10.1. The van der Waals surface area contributed by atoms with E-state index in [2.05, 4.69) is 4.90 Å². The van der Waals surface area contributed by atoms with E-state index in [1.54, 1.807) is 6.07 Å². The number of aliphatic hydroxyl groups is 2. The van der Waals surface area contributed by atoms with Crippen LogP contribution in [0.4, 0.5) is 5.82 Å². The molecular weight excluding hydrogens is 443 g/mol. The lowest BCUT2D eigenvalue weighted by atomic mass is 9.74. The molecule has 9 heteroatoms. The molecule has 2 aromatic rings. The normalized spacial score (nSPS) is 23.3. The highest BCUT2D eigenvalue weighted by atomic mass is 35.5. The van der Waals surface area contributed by atoms with Crippen molar-refractivity contribution in [2.45, 2.75) is 61.3 Å². The Morgan fingerprint density at radius 3 is 2.63 bits per heavy atom. The summed E-state index contributed by atoms with van der Waals surface area (Å²) >= 11 is 13.8. The van der Waals surface area contributed by atoms with Crippen LogP contribution in [-0.4, -0.2) is 45.4 Å². The van der Waals surface area contributed by atoms with Gasteiger partial charge in [-0.3, -0.25) is 0 Å². The number of hydrogen-bond donors (Lipinski definition) is 3. The second kappa shape index (κ2) is 8.81. The Morgan fingerprint density at radius 1 is 1.27 bits per heavy atom. The zero-order valence-electron chi connectivity index (χ0n) is 16.8. The first-order valence-corrected chi connectivity index (χ1v) is 11.7. The van der Waals surface area contributed by atoms with E-state index >= 15 is 0 Å². The van der Waals surface area contributed by atoms with Crippen LogP contribution >= 0.6 is 35.0 Å². The molecule has 4 N–H and O–H groups in total. The topological polar surface area (TPSA) is 95.5 Å². The van der Waals surface area contributed by atoms with Gasteiger partial charge < -0.3 is 20.8 Å². The Bertz CT molecular complexity index is 937. The van der Waals surface area contributed by atoms with Crippen LogP contribution in [0.2, 0.25) is 10.0 Å². The molecular formula is C21H26Cl2N4O2S. The van der Waals surface area contributed by atoms with Gasteiger partial charge in [-0.25, -0.2) is 9.97 Å². The van der Waals surface area contributed by atoms with Crippen LogP contribution < -0.4 is 10.6 Å². The van der Waals surface area contributed by atoms with Crippen LogP contribution in [0.1, 0.15) is 37.1 Å². The molecule has 1 aromatic carbocycles. The van der Waals surface area contributed by atoms with Crippen molar-refractivity contribution >= 4 is 40.8 Å². The highest BCUT2D eigenvalue weighted by Gasteiger charge is 2.46. The maximum Gasteiger partial charge on any atom is 0.153 e. The van der Waals surface area contributed by atoms with Crippen LogP contribution in [-0.2, 0) is 6.61 Å². The standard InChI is InChI=1S/C21H26Cl2N4O2S/c1-12-20(30-16-4-2-3-14(22)18(16)23)26-15(11-28)19(25-12)27-7-5-21(6-8-27)10-13(29)9-17(21)24/h2-4,13,17,28-29H,5-11,24H2,1H3/t13-,17+/m0/s1. The molecule has 0 radical (unpaired) electrons. The molecule has 4 rings (SSSR count). The fourth-order valence-electron chi connectivity index (χ4n) is 4.63. The molecule has 1 saturated carbocycles.